The molecule has 0 unspecified atom stereocenters. The van der Waals surface area contributed by atoms with E-state index in [-0.39, 0.29) is 10.8 Å². The van der Waals surface area contributed by atoms with E-state index < -0.39 is 0 Å². The van der Waals surface area contributed by atoms with Crippen molar-refractivity contribution in [3.63, 3.8) is 0 Å². The number of para-hydroxylation sites is 1. The van der Waals surface area contributed by atoms with Gasteiger partial charge in [-0.25, -0.2) is 0 Å². The van der Waals surface area contributed by atoms with Crippen LogP contribution in [0, 0.1) is 5.41 Å². The van der Waals surface area contributed by atoms with Crippen molar-refractivity contribution in [3.05, 3.63) is 23.8 Å². The highest BCUT2D eigenvalue weighted by atomic mass is 32.2. The standard InChI is InChI=1S/C15H24OS/c1-14(2,3)10-17-12-9-7-8-11(13(12)16)15(4,5)6/h7-9,16H,10H2,1-6H3. The van der Waals surface area contributed by atoms with Crippen molar-refractivity contribution >= 4 is 11.8 Å². The summed E-state index contributed by atoms with van der Waals surface area (Å²) in [6.45, 7) is 13.0. The summed E-state index contributed by atoms with van der Waals surface area (Å²) in [5, 5.41) is 10.3. The molecule has 1 N–H and O–H groups in total. The third-order valence-electron chi connectivity index (χ3n) is 2.47. The molecule has 17 heavy (non-hydrogen) atoms. The van der Waals surface area contributed by atoms with Gasteiger partial charge in [0.2, 0.25) is 0 Å². The third-order valence-corrected chi connectivity index (χ3v) is 4.12. The Morgan fingerprint density at radius 3 is 2.12 bits per heavy atom. The summed E-state index contributed by atoms with van der Waals surface area (Å²) >= 11 is 1.73. The third kappa shape index (κ3) is 4.27. The smallest absolute Gasteiger partial charge is 0.132 e. The summed E-state index contributed by atoms with van der Waals surface area (Å²) in [5.74, 6) is 1.46. The van der Waals surface area contributed by atoms with Crippen molar-refractivity contribution in [2.24, 2.45) is 5.41 Å². The van der Waals surface area contributed by atoms with Crippen LogP contribution in [0.25, 0.3) is 0 Å². The molecule has 2 heteroatoms. The predicted octanol–water partition coefficient (Wildman–Crippen LogP) is 4.83. The quantitative estimate of drug-likeness (QED) is 0.761. The lowest BCUT2D eigenvalue weighted by Gasteiger charge is -2.23. The number of benzene rings is 1. The SMILES string of the molecule is CC(C)(C)CSc1cccc(C(C)(C)C)c1O. The van der Waals surface area contributed by atoms with Crippen LogP contribution in [-0.2, 0) is 5.41 Å². The molecule has 0 spiro atoms. The average molecular weight is 252 g/mol. The van der Waals surface area contributed by atoms with Gasteiger partial charge in [-0.3, -0.25) is 0 Å². The van der Waals surface area contributed by atoms with Gasteiger partial charge in [0.1, 0.15) is 5.75 Å². The first-order valence-corrected chi connectivity index (χ1v) is 7.05. The van der Waals surface area contributed by atoms with E-state index in [1.165, 1.54) is 0 Å². The van der Waals surface area contributed by atoms with Crippen molar-refractivity contribution < 1.29 is 5.11 Å². The summed E-state index contributed by atoms with van der Waals surface area (Å²) in [6, 6.07) is 6.04. The van der Waals surface area contributed by atoms with Crippen LogP contribution in [0.15, 0.2) is 23.1 Å². The monoisotopic (exact) mass is 252 g/mol. The van der Waals surface area contributed by atoms with Gasteiger partial charge in [-0.05, 0) is 16.9 Å². The lowest BCUT2D eigenvalue weighted by molar-refractivity contribution is 0.434. The molecule has 0 radical (unpaired) electrons. The maximum atomic E-state index is 10.3. The van der Waals surface area contributed by atoms with E-state index in [1.807, 2.05) is 18.2 Å². The lowest BCUT2D eigenvalue weighted by Crippen LogP contribution is -2.12. The Morgan fingerprint density at radius 2 is 1.65 bits per heavy atom. The maximum absolute atomic E-state index is 10.3. The molecule has 0 bridgehead atoms. The zero-order valence-corrected chi connectivity index (χ0v) is 12.6. The van der Waals surface area contributed by atoms with Gasteiger partial charge in [-0.15, -0.1) is 11.8 Å². The fourth-order valence-corrected chi connectivity index (χ4v) is 2.55. The van der Waals surface area contributed by atoms with E-state index in [0.717, 1.165) is 16.2 Å². The van der Waals surface area contributed by atoms with Gasteiger partial charge in [-0.2, -0.15) is 0 Å². The van der Waals surface area contributed by atoms with Gasteiger partial charge in [0.25, 0.3) is 0 Å². The molecule has 0 atom stereocenters. The highest BCUT2D eigenvalue weighted by molar-refractivity contribution is 7.99. The maximum Gasteiger partial charge on any atom is 0.132 e. The molecule has 0 heterocycles. The van der Waals surface area contributed by atoms with E-state index in [2.05, 4.69) is 41.5 Å². The van der Waals surface area contributed by atoms with Gasteiger partial charge in [0.05, 0.1) is 0 Å². The number of hydrogen-bond acceptors (Lipinski definition) is 2. The Hall–Kier alpha value is -0.630. The number of aromatic hydroxyl groups is 1. The van der Waals surface area contributed by atoms with E-state index in [0.29, 0.717) is 5.75 Å². The van der Waals surface area contributed by atoms with Crippen LogP contribution >= 0.6 is 11.8 Å². The minimum Gasteiger partial charge on any atom is -0.506 e. The Kier molecular flexibility index (Phi) is 4.19. The second-order valence-corrected chi connectivity index (χ2v) is 7.77. The molecule has 0 amide bonds. The van der Waals surface area contributed by atoms with Crippen molar-refractivity contribution in [2.75, 3.05) is 5.75 Å². The molecule has 1 aromatic carbocycles. The molecule has 0 saturated carbocycles. The second kappa shape index (κ2) is 4.93. The molecule has 1 rings (SSSR count). The Labute approximate surface area is 110 Å². The highest BCUT2D eigenvalue weighted by Gasteiger charge is 2.20. The zero-order valence-electron chi connectivity index (χ0n) is 11.8. The molecule has 0 aliphatic carbocycles. The normalized spacial score (nSPS) is 12.8. The van der Waals surface area contributed by atoms with Crippen LogP contribution < -0.4 is 0 Å². The number of rotatable bonds is 2. The average Bonchev–Trinajstić information content (AvgIpc) is 2.13. The van der Waals surface area contributed by atoms with Crippen molar-refractivity contribution in [1.82, 2.24) is 0 Å². The summed E-state index contributed by atoms with van der Waals surface area (Å²) < 4.78 is 0. The van der Waals surface area contributed by atoms with E-state index in [1.54, 1.807) is 11.8 Å². The van der Waals surface area contributed by atoms with Crippen LogP contribution in [-0.4, -0.2) is 10.9 Å². The number of phenolic OH excluding ortho intramolecular Hbond substituents is 1. The molecule has 1 aromatic rings. The fraction of sp³-hybridized carbons (Fsp3) is 0.600. The molecule has 0 aliphatic rings. The summed E-state index contributed by atoms with van der Waals surface area (Å²) in [6.07, 6.45) is 0. The predicted molar refractivity (Wildman–Crippen MR) is 77.0 cm³/mol. The lowest BCUT2D eigenvalue weighted by atomic mass is 9.86. The number of thioether (sulfide) groups is 1. The molecule has 0 aromatic heterocycles. The highest BCUT2D eigenvalue weighted by Crippen LogP contribution is 2.39. The van der Waals surface area contributed by atoms with Crippen LogP contribution in [0.2, 0.25) is 0 Å². The minimum atomic E-state index is -0.0115. The molecular weight excluding hydrogens is 228 g/mol. The first-order chi connectivity index (χ1) is 7.61. The van der Waals surface area contributed by atoms with E-state index >= 15 is 0 Å². The topological polar surface area (TPSA) is 20.2 Å². The van der Waals surface area contributed by atoms with Gasteiger partial charge >= 0.3 is 0 Å². The minimum absolute atomic E-state index is 0.0115. The van der Waals surface area contributed by atoms with Crippen LogP contribution in [0.1, 0.15) is 47.1 Å². The Morgan fingerprint density at radius 1 is 1.06 bits per heavy atom. The van der Waals surface area contributed by atoms with E-state index in [4.69, 9.17) is 0 Å². The molecule has 1 nitrogen and oxygen atoms in total. The number of phenols is 1. The van der Waals surface area contributed by atoms with Crippen molar-refractivity contribution in [3.8, 4) is 5.75 Å². The fourth-order valence-electron chi connectivity index (χ4n) is 1.54. The van der Waals surface area contributed by atoms with E-state index in [9.17, 15) is 5.11 Å². The summed E-state index contributed by atoms with van der Waals surface area (Å²) in [4.78, 5) is 0.993. The van der Waals surface area contributed by atoms with Crippen LogP contribution in [0.5, 0.6) is 5.75 Å². The largest absolute Gasteiger partial charge is 0.506 e. The molecule has 0 aliphatic heterocycles. The Bertz CT molecular complexity index is 383. The molecule has 0 saturated heterocycles. The van der Waals surface area contributed by atoms with Gasteiger partial charge in [0, 0.05) is 16.2 Å². The zero-order chi connectivity index (χ0) is 13.3. The summed E-state index contributed by atoms with van der Waals surface area (Å²) in [5.41, 5.74) is 1.29. The first kappa shape index (κ1) is 14.4. The summed E-state index contributed by atoms with van der Waals surface area (Å²) in [7, 11) is 0. The second-order valence-electron chi connectivity index (χ2n) is 6.75. The molecule has 0 fully saturated rings. The van der Waals surface area contributed by atoms with Crippen molar-refractivity contribution in [2.45, 2.75) is 51.9 Å². The first-order valence-electron chi connectivity index (χ1n) is 6.06. The van der Waals surface area contributed by atoms with Gasteiger partial charge in [0.15, 0.2) is 0 Å². The van der Waals surface area contributed by atoms with Crippen molar-refractivity contribution in [1.29, 1.82) is 0 Å². The molecule has 96 valence electrons. The molecular formula is C15H24OS. The van der Waals surface area contributed by atoms with Crippen LogP contribution in [0.4, 0.5) is 0 Å². The van der Waals surface area contributed by atoms with Crippen LogP contribution in [0.3, 0.4) is 0 Å². The number of hydrogen-bond donors (Lipinski definition) is 1. The Balaban J connectivity index is 2.96. The van der Waals surface area contributed by atoms with Gasteiger partial charge in [-0.1, -0.05) is 53.7 Å². The van der Waals surface area contributed by atoms with Gasteiger partial charge < -0.3 is 5.11 Å².